The van der Waals surface area contributed by atoms with Crippen molar-refractivity contribution in [1.82, 2.24) is 0 Å². The van der Waals surface area contributed by atoms with Gasteiger partial charge in [-0.3, -0.25) is 0 Å². The topological polar surface area (TPSA) is 52.0 Å². The lowest BCUT2D eigenvalue weighted by molar-refractivity contribution is -0.289. The van der Waals surface area contributed by atoms with Crippen LogP contribution in [0.15, 0.2) is 0 Å². The van der Waals surface area contributed by atoms with Crippen molar-refractivity contribution in [3.63, 3.8) is 0 Å². The van der Waals surface area contributed by atoms with Crippen molar-refractivity contribution in [1.29, 1.82) is 0 Å². The minimum absolute atomic E-state index is 0.124. The van der Waals surface area contributed by atoms with Crippen LogP contribution >= 0.6 is 0 Å². The van der Waals surface area contributed by atoms with E-state index in [1.54, 1.807) is 0 Å². The van der Waals surface area contributed by atoms with E-state index in [0.29, 0.717) is 0 Å². The molecule has 0 saturated heterocycles. The molecule has 31 heavy (non-hydrogen) atoms. The van der Waals surface area contributed by atoms with Gasteiger partial charge in [-0.25, -0.2) is 0 Å². The number of alkyl halides is 6. The van der Waals surface area contributed by atoms with Gasteiger partial charge in [-0.05, 0) is 111 Å². The predicted octanol–water partition coefficient (Wildman–Crippen LogP) is 6.73. The summed E-state index contributed by atoms with van der Waals surface area (Å²) in [5.41, 5.74) is 6.83. The fourth-order valence-corrected chi connectivity index (χ4v) is 4.66. The van der Waals surface area contributed by atoms with Gasteiger partial charge in [0.2, 0.25) is 5.41 Å². The Morgan fingerprint density at radius 2 is 0.613 bits per heavy atom. The van der Waals surface area contributed by atoms with E-state index in [-0.39, 0.29) is 55.9 Å². The van der Waals surface area contributed by atoms with Crippen molar-refractivity contribution < 1.29 is 26.3 Å². The molecule has 0 fully saturated rings. The summed E-state index contributed by atoms with van der Waals surface area (Å²) in [6.45, 7) is 10.8. The molecule has 0 aromatic heterocycles. The van der Waals surface area contributed by atoms with E-state index in [0.717, 1.165) is 0 Å². The maximum Gasteiger partial charge on any atom is 0.411 e. The van der Waals surface area contributed by atoms with Gasteiger partial charge in [0.05, 0.1) is 0 Å². The molecule has 2 rings (SSSR count). The van der Waals surface area contributed by atoms with Crippen molar-refractivity contribution in [2.45, 2.75) is 73.2 Å². The summed E-state index contributed by atoms with van der Waals surface area (Å²) in [7, 11) is 0. The van der Waals surface area contributed by atoms with Crippen LogP contribution < -0.4 is 11.5 Å². The molecule has 2 aromatic carbocycles. The molecule has 2 nitrogen and oxygen atoms in total. The second kappa shape index (κ2) is 7.35. The molecule has 0 atom stereocenters. The average Bonchev–Trinajstić information content (AvgIpc) is 2.64. The molecule has 0 heterocycles. The largest absolute Gasteiger partial charge is 0.411 e. The summed E-state index contributed by atoms with van der Waals surface area (Å²) in [6.07, 6.45) is -11.4. The Bertz CT molecular complexity index is 918. The summed E-state index contributed by atoms with van der Waals surface area (Å²) < 4.78 is 89.4. The van der Waals surface area contributed by atoms with Crippen molar-refractivity contribution in [2.75, 3.05) is 11.5 Å². The zero-order chi connectivity index (χ0) is 24.4. The monoisotopic (exact) mass is 446 g/mol. The highest BCUT2D eigenvalue weighted by molar-refractivity contribution is 5.70. The highest BCUT2D eigenvalue weighted by Crippen LogP contribution is 2.60. The number of halogens is 6. The van der Waals surface area contributed by atoms with E-state index in [4.69, 9.17) is 11.5 Å². The van der Waals surface area contributed by atoms with Crippen molar-refractivity contribution in [3.05, 3.63) is 55.6 Å². The standard InChI is InChI=1S/C23H28F6N2/c1-9-13(5)19(30)14(6)10(2)17(9)21(22(24,25)26,23(27,28)29)18-11(3)15(7)20(31)16(8)12(18)4/h30-31H2,1-8H3. The maximum atomic E-state index is 14.9. The van der Waals surface area contributed by atoms with Gasteiger partial charge >= 0.3 is 12.4 Å². The van der Waals surface area contributed by atoms with E-state index in [1.807, 2.05) is 0 Å². The molecule has 0 aliphatic heterocycles. The molecule has 0 radical (unpaired) electrons. The first-order chi connectivity index (χ1) is 13.9. The lowest BCUT2D eigenvalue weighted by Gasteiger charge is -2.43. The molecule has 0 aliphatic rings. The number of anilines is 2. The SMILES string of the molecule is Cc1c(C)c(C(c2c(C)c(C)c(N)c(C)c2C)(C(F)(F)F)C(F)(F)F)c(C)c(C)c1N. The first-order valence-electron chi connectivity index (χ1n) is 9.71. The first kappa shape index (κ1) is 24.9. The highest BCUT2D eigenvalue weighted by Gasteiger charge is 2.74. The second-order valence-electron chi connectivity index (χ2n) is 8.32. The molecule has 0 bridgehead atoms. The lowest BCUT2D eigenvalue weighted by atomic mass is 9.65. The molecule has 0 aliphatic carbocycles. The van der Waals surface area contributed by atoms with Crippen LogP contribution in [-0.2, 0) is 5.41 Å². The van der Waals surface area contributed by atoms with Crippen LogP contribution in [0.25, 0.3) is 0 Å². The molecule has 0 amide bonds. The van der Waals surface area contributed by atoms with Gasteiger partial charge in [-0.15, -0.1) is 0 Å². The molecule has 172 valence electrons. The zero-order valence-corrected chi connectivity index (χ0v) is 18.9. The third-order valence-electron chi connectivity index (χ3n) is 6.97. The molecule has 0 spiro atoms. The van der Waals surface area contributed by atoms with E-state index in [1.165, 1.54) is 55.4 Å². The van der Waals surface area contributed by atoms with Crippen molar-refractivity contribution in [2.24, 2.45) is 0 Å². The number of hydrogen-bond acceptors (Lipinski definition) is 2. The molecule has 2 aromatic rings. The number of benzene rings is 2. The van der Waals surface area contributed by atoms with Crippen LogP contribution in [0.5, 0.6) is 0 Å². The summed E-state index contributed by atoms with van der Waals surface area (Å²) in [4.78, 5) is 0. The third kappa shape index (κ3) is 3.17. The second-order valence-corrected chi connectivity index (χ2v) is 8.32. The lowest BCUT2D eigenvalue weighted by Crippen LogP contribution is -2.56. The smallest absolute Gasteiger partial charge is 0.398 e. The van der Waals surface area contributed by atoms with E-state index in [2.05, 4.69) is 0 Å². The number of nitrogens with two attached hydrogens (primary N) is 2. The Kier molecular flexibility index (Phi) is 5.90. The quantitative estimate of drug-likeness (QED) is 0.397. The first-order valence-corrected chi connectivity index (χ1v) is 9.71. The summed E-state index contributed by atoms with van der Waals surface area (Å²) in [6, 6.07) is 0. The third-order valence-corrected chi connectivity index (χ3v) is 6.97. The van der Waals surface area contributed by atoms with Crippen LogP contribution in [0.2, 0.25) is 0 Å². The summed E-state index contributed by atoms with van der Waals surface area (Å²) in [5.74, 6) is 0. The van der Waals surface area contributed by atoms with E-state index in [9.17, 15) is 26.3 Å². The van der Waals surface area contributed by atoms with Crippen molar-refractivity contribution in [3.8, 4) is 0 Å². The van der Waals surface area contributed by atoms with Gasteiger partial charge in [-0.2, -0.15) is 26.3 Å². The molecule has 8 heteroatoms. The normalized spacial score (nSPS) is 13.1. The van der Waals surface area contributed by atoms with E-state index >= 15 is 0 Å². The van der Waals surface area contributed by atoms with Crippen LogP contribution in [0.4, 0.5) is 37.7 Å². The number of nitrogen functional groups attached to an aromatic ring is 2. The number of rotatable bonds is 2. The highest BCUT2D eigenvalue weighted by atomic mass is 19.4. The predicted molar refractivity (Wildman–Crippen MR) is 112 cm³/mol. The summed E-state index contributed by atoms with van der Waals surface area (Å²) in [5, 5.41) is 0. The average molecular weight is 446 g/mol. The van der Waals surface area contributed by atoms with Gasteiger partial charge in [0, 0.05) is 11.4 Å². The summed E-state index contributed by atoms with van der Waals surface area (Å²) >= 11 is 0. The fraction of sp³-hybridized carbons (Fsp3) is 0.478. The van der Waals surface area contributed by atoms with Crippen LogP contribution in [0, 0.1) is 55.4 Å². The fourth-order valence-electron chi connectivity index (χ4n) is 4.66. The molecule has 0 saturated carbocycles. The molecule has 4 N–H and O–H groups in total. The van der Waals surface area contributed by atoms with Crippen LogP contribution in [0.3, 0.4) is 0 Å². The Labute approximate surface area is 178 Å². The van der Waals surface area contributed by atoms with Gasteiger partial charge in [0.15, 0.2) is 0 Å². The molecule has 0 unspecified atom stereocenters. The Hall–Kier alpha value is -2.38. The Morgan fingerprint density at radius 1 is 0.419 bits per heavy atom. The van der Waals surface area contributed by atoms with Gasteiger partial charge in [0.1, 0.15) is 0 Å². The molecular weight excluding hydrogens is 418 g/mol. The minimum atomic E-state index is -5.68. The van der Waals surface area contributed by atoms with Crippen LogP contribution in [0.1, 0.15) is 55.6 Å². The Morgan fingerprint density at radius 3 is 0.774 bits per heavy atom. The van der Waals surface area contributed by atoms with Crippen molar-refractivity contribution >= 4 is 11.4 Å². The minimum Gasteiger partial charge on any atom is -0.398 e. The Balaban J connectivity index is 3.41. The van der Waals surface area contributed by atoms with Gasteiger partial charge < -0.3 is 11.5 Å². The number of hydrogen-bond donors (Lipinski definition) is 2. The van der Waals surface area contributed by atoms with E-state index < -0.39 is 28.9 Å². The maximum absolute atomic E-state index is 14.9. The van der Waals surface area contributed by atoms with Gasteiger partial charge in [0.25, 0.3) is 0 Å². The molecular formula is C23H28F6N2. The zero-order valence-electron chi connectivity index (χ0n) is 18.9. The van der Waals surface area contributed by atoms with Gasteiger partial charge in [-0.1, -0.05) is 0 Å². The van der Waals surface area contributed by atoms with Crippen LogP contribution in [-0.4, -0.2) is 12.4 Å².